The monoisotopic (exact) mass is 445 g/mol. The van der Waals surface area contributed by atoms with Crippen molar-refractivity contribution in [3.05, 3.63) is 82.0 Å². The molecule has 8 heteroatoms. The van der Waals surface area contributed by atoms with E-state index >= 15 is 0 Å². The van der Waals surface area contributed by atoms with Crippen LogP contribution in [0.4, 0.5) is 13.2 Å². The molecule has 2 aromatic carbocycles. The van der Waals surface area contributed by atoms with Crippen molar-refractivity contribution in [3.8, 4) is 17.6 Å². The maximum atomic E-state index is 12.9. The van der Waals surface area contributed by atoms with Crippen molar-refractivity contribution < 1.29 is 27.4 Å². The lowest BCUT2D eigenvalue weighted by molar-refractivity contribution is -0.149. The fourth-order valence-corrected chi connectivity index (χ4v) is 3.99. The van der Waals surface area contributed by atoms with Crippen LogP contribution in [0.15, 0.2) is 66.0 Å². The third kappa shape index (κ3) is 5.64. The largest absolute Gasteiger partial charge is 0.457 e. The van der Waals surface area contributed by atoms with Gasteiger partial charge in [-0.3, -0.25) is 4.79 Å². The Balaban J connectivity index is 1.75. The van der Waals surface area contributed by atoms with Gasteiger partial charge < -0.3 is 9.47 Å². The van der Waals surface area contributed by atoms with Crippen LogP contribution in [-0.4, -0.2) is 5.97 Å². The van der Waals surface area contributed by atoms with E-state index in [-0.39, 0.29) is 11.3 Å². The summed E-state index contributed by atoms with van der Waals surface area (Å²) in [5.41, 5.74) is -0.400. The molecule has 0 bridgehead atoms. The van der Waals surface area contributed by atoms with E-state index in [2.05, 4.69) is 0 Å². The van der Waals surface area contributed by atoms with Gasteiger partial charge in [-0.25, -0.2) is 0 Å². The highest BCUT2D eigenvalue weighted by molar-refractivity contribution is 7.10. The Morgan fingerprint density at radius 3 is 2.42 bits per heavy atom. The van der Waals surface area contributed by atoms with Gasteiger partial charge in [-0.2, -0.15) is 18.4 Å². The van der Waals surface area contributed by atoms with Gasteiger partial charge in [-0.1, -0.05) is 37.3 Å². The molecule has 4 nitrogen and oxygen atoms in total. The molecule has 0 fully saturated rings. The van der Waals surface area contributed by atoms with E-state index < -0.39 is 29.7 Å². The molecule has 1 aromatic heterocycles. The fourth-order valence-electron chi connectivity index (χ4n) is 2.90. The second-order valence-electron chi connectivity index (χ2n) is 6.63. The lowest BCUT2D eigenvalue weighted by Gasteiger charge is -2.17. The summed E-state index contributed by atoms with van der Waals surface area (Å²) in [5, 5.41) is 10.5. The normalized spacial score (nSPS) is 13.1. The van der Waals surface area contributed by atoms with Crippen LogP contribution in [0.25, 0.3) is 0 Å². The van der Waals surface area contributed by atoms with E-state index in [1.807, 2.05) is 24.3 Å². The molecule has 1 heterocycles. The quantitative estimate of drug-likeness (QED) is 0.373. The molecule has 0 saturated carbocycles. The average Bonchev–Trinajstić information content (AvgIpc) is 3.24. The Morgan fingerprint density at radius 1 is 1.10 bits per heavy atom. The number of hydrogen-bond donors (Lipinski definition) is 0. The minimum atomic E-state index is -4.48. The molecule has 3 rings (SSSR count). The molecule has 0 N–H and O–H groups in total. The Bertz CT molecular complexity index is 1070. The number of rotatable bonds is 7. The van der Waals surface area contributed by atoms with Crippen molar-refractivity contribution in [1.82, 2.24) is 0 Å². The number of carbonyl (C=O) groups is 1. The maximum Gasteiger partial charge on any atom is 0.417 e. The van der Waals surface area contributed by atoms with Gasteiger partial charge in [-0.15, -0.1) is 11.3 Å². The van der Waals surface area contributed by atoms with Crippen LogP contribution in [0, 0.1) is 11.3 Å². The van der Waals surface area contributed by atoms with Gasteiger partial charge in [0, 0.05) is 15.8 Å². The summed E-state index contributed by atoms with van der Waals surface area (Å²) in [6, 6.07) is 18.5. The molecule has 31 heavy (non-hydrogen) atoms. The number of benzene rings is 2. The zero-order valence-electron chi connectivity index (χ0n) is 16.4. The van der Waals surface area contributed by atoms with E-state index in [0.29, 0.717) is 17.1 Å². The molecule has 2 unspecified atom stereocenters. The van der Waals surface area contributed by atoms with Crippen LogP contribution in [0.5, 0.6) is 11.5 Å². The van der Waals surface area contributed by atoms with E-state index in [9.17, 15) is 23.2 Å². The van der Waals surface area contributed by atoms with Gasteiger partial charge in [-0.05, 0) is 36.8 Å². The van der Waals surface area contributed by atoms with Crippen molar-refractivity contribution in [3.63, 3.8) is 0 Å². The number of carbonyl (C=O) groups excluding carboxylic acids is 1. The molecule has 0 amide bonds. The second kappa shape index (κ2) is 9.67. The van der Waals surface area contributed by atoms with Crippen molar-refractivity contribution in [1.29, 1.82) is 5.26 Å². The van der Waals surface area contributed by atoms with Crippen LogP contribution in [0.1, 0.15) is 41.4 Å². The summed E-state index contributed by atoms with van der Waals surface area (Å²) in [6.07, 6.45) is -5.46. The van der Waals surface area contributed by atoms with E-state index in [4.69, 9.17) is 9.47 Å². The van der Waals surface area contributed by atoms with E-state index in [1.165, 1.54) is 0 Å². The van der Waals surface area contributed by atoms with Gasteiger partial charge in [0.15, 0.2) is 0 Å². The lowest BCUT2D eigenvalue weighted by Crippen LogP contribution is -2.17. The topological polar surface area (TPSA) is 59.3 Å². The standard InChI is InChI=1S/C23H18F3NO3S/c1-2-19(21-12-16(14-31-21)23(24,25)26)22(28)30-20(13-27)15-7-6-10-18(11-15)29-17-8-4-3-5-9-17/h3-12,14,19-20H,2H2,1H3. The number of para-hydroxylation sites is 1. The van der Waals surface area contributed by atoms with Crippen LogP contribution in [0.2, 0.25) is 0 Å². The Hall–Kier alpha value is -3.31. The lowest BCUT2D eigenvalue weighted by atomic mass is 10.0. The van der Waals surface area contributed by atoms with Gasteiger partial charge >= 0.3 is 12.1 Å². The van der Waals surface area contributed by atoms with Gasteiger partial charge in [0.05, 0.1) is 11.5 Å². The smallest absolute Gasteiger partial charge is 0.417 e. The minimum absolute atomic E-state index is 0.242. The molecule has 0 spiro atoms. The first kappa shape index (κ1) is 22.4. The fraction of sp³-hybridized carbons (Fsp3) is 0.217. The first-order valence-corrected chi connectivity index (χ1v) is 10.3. The van der Waals surface area contributed by atoms with Crippen molar-refractivity contribution in [2.45, 2.75) is 31.5 Å². The molecule has 0 radical (unpaired) electrons. The summed E-state index contributed by atoms with van der Waals surface area (Å²) in [7, 11) is 0. The first-order chi connectivity index (χ1) is 14.8. The SMILES string of the molecule is CCC(C(=O)OC(C#N)c1cccc(Oc2ccccc2)c1)c1cc(C(F)(F)F)cs1. The number of ether oxygens (including phenoxy) is 2. The van der Waals surface area contributed by atoms with Crippen molar-refractivity contribution in [2.24, 2.45) is 0 Å². The Kier molecular flexibility index (Phi) is 6.98. The van der Waals surface area contributed by atoms with Gasteiger partial charge in [0.25, 0.3) is 0 Å². The predicted molar refractivity (Wildman–Crippen MR) is 110 cm³/mol. The zero-order chi connectivity index (χ0) is 22.4. The number of alkyl halides is 3. The molecular formula is C23H18F3NO3S. The molecule has 0 aliphatic carbocycles. The van der Waals surface area contributed by atoms with Crippen LogP contribution < -0.4 is 4.74 Å². The minimum Gasteiger partial charge on any atom is -0.457 e. The number of thiophene rings is 1. The Labute approximate surface area is 181 Å². The highest BCUT2D eigenvalue weighted by atomic mass is 32.1. The summed E-state index contributed by atoms with van der Waals surface area (Å²) in [5.74, 6) is -0.575. The summed E-state index contributed by atoms with van der Waals surface area (Å²) in [4.78, 5) is 12.9. The van der Waals surface area contributed by atoms with Crippen LogP contribution in [-0.2, 0) is 15.7 Å². The van der Waals surface area contributed by atoms with Crippen molar-refractivity contribution in [2.75, 3.05) is 0 Å². The van der Waals surface area contributed by atoms with Gasteiger partial charge in [0.1, 0.15) is 17.6 Å². The number of nitriles is 1. The number of halogens is 3. The highest BCUT2D eigenvalue weighted by Gasteiger charge is 2.34. The number of nitrogens with zero attached hydrogens (tertiary/aromatic N) is 1. The highest BCUT2D eigenvalue weighted by Crippen LogP contribution is 2.37. The van der Waals surface area contributed by atoms with Crippen molar-refractivity contribution >= 4 is 17.3 Å². The second-order valence-corrected chi connectivity index (χ2v) is 7.57. The predicted octanol–water partition coefficient (Wildman–Crippen LogP) is 6.86. The average molecular weight is 445 g/mol. The third-order valence-electron chi connectivity index (χ3n) is 4.47. The van der Waals surface area contributed by atoms with Crippen LogP contribution in [0.3, 0.4) is 0 Å². The summed E-state index contributed by atoms with van der Waals surface area (Å²) < 4.78 is 49.8. The molecule has 160 valence electrons. The van der Waals surface area contributed by atoms with E-state index in [1.54, 1.807) is 43.3 Å². The molecule has 0 aliphatic heterocycles. The molecule has 0 aliphatic rings. The third-order valence-corrected chi connectivity index (χ3v) is 5.52. The van der Waals surface area contributed by atoms with E-state index in [0.717, 1.165) is 22.8 Å². The summed E-state index contributed by atoms with van der Waals surface area (Å²) in [6.45, 7) is 1.68. The number of esters is 1. The number of hydrogen-bond acceptors (Lipinski definition) is 5. The molecule has 3 aromatic rings. The molecule has 0 saturated heterocycles. The molecule has 2 atom stereocenters. The summed E-state index contributed by atoms with van der Waals surface area (Å²) >= 11 is 0.848. The maximum absolute atomic E-state index is 12.9. The molecular weight excluding hydrogens is 427 g/mol. The first-order valence-electron chi connectivity index (χ1n) is 9.40. The van der Waals surface area contributed by atoms with Crippen LogP contribution >= 0.6 is 11.3 Å². The Morgan fingerprint density at radius 2 is 1.81 bits per heavy atom. The van der Waals surface area contributed by atoms with Gasteiger partial charge in [0.2, 0.25) is 6.10 Å². The zero-order valence-corrected chi connectivity index (χ0v) is 17.2.